The Morgan fingerprint density at radius 2 is 1.50 bits per heavy atom. The molecule has 5 N–H and O–H groups in total. The summed E-state index contributed by atoms with van der Waals surface area (Å²) in [5, 5.41) is 27.7. The summed E-state index contributed by atoms with van der Waals surface area (Å²) in [6.07, 6.45) is 2.00. The first-order valence-corrected chi connectivity index (χ1v) is 16.2. The van der Waals surface area contributed by atoms with Crippen LogP contribution in [0.1, 0.15) is 31.1 Å². The number of hydrogen-bond acceptors (Lipinski definition) is 8. The summed E-state index contributed by atoms with van der Waals surface area (Å²) in [7, 11) is 0. The molecule has 0 aliphatic carbocycles. The summed E-state index contributed by atoms with van der Waals surface area (Å²) < 4.78 is 9.34. The second-order valence-corrected chi connectivity index (χ2v) is 13.2. The van der Waals surface area contributed by atoms with Crippen LogP contribution in [0.4, 0.5) is 11.5 Å². The van der Waals surface area contributed by atoms with Crippen molar-refractivity contribution in [3.8, 4) is 28.3 Å². The molecule has 0 bridgehead atoms. The summed E-state index contributed by atoms with van der Waals surface area (Å²) in [5.74, 6) is 6.02. The highest BCUT2D eigenvalue weighted by molar-refractivity contribution is 6.06. The molecule has 1 fully saturated rings. The number of phenolic OH excluding ortho intramolecular Hbond substituents is 1. The number of aromatic nitrogens is 4. The van der Waals surface area contributed by atoms with Crippen LogP contribution in [0.25, 0.3) is 44.1 Å². The number of phenols is 1. The molecular weight excluding hydrogens is 604 g/mol. The third-order valence-electron chi connectivity index (χ3n) is 8.76. The van der Waals surface area contributed by atoms with Crippen LogP contribution in [-0.4, -0.2) is 68.3 Å². The van der Waals surface area contributed by atoms with Crippen molar-refractivity contribution in [1.29, 1.82) is 0 Å². The zero-order valence-electron chi connectivity index (χ0n) is 27.4. The number of anilines is 2. The third kappa shape index (κ3) is 6.23. The minimum absolute atomic E-state index is 0.189. The zero-order chi connectivity index (χ0) is 33.4. The number of hydrogen-bond donors (Lipinski definition) is 4. The molecule has 4 aromatic carbocycles. The van der Waals surface area contributed by atoms with Gasteiger partial charge in [0.15, 0.2) is 0 Å². The van der Waals surface area contributed by atoms with E-state index >= 15 is 0 Å². The van der Waals surface area contributed by atoms with Crippen molar-refractivity contribution >= 4 is 39.0 Å². The van der Waals surface area contributed by atoms with Crippen LogP contribution >= 0.6 is 0 Å². The minimum atomic E-state index is -0.512. The first kappa shape index (κ1) is 31.4. The number of nitrogens with two attached hydrogens (primary N) is 1. The Kier molecular flexibility index (Phi) is 8.34. The molecule has 1 aliphatic rings. The van der Waals surface area contributed by atoms with Gasteiger partial charge in [-0.2, -0.15) is 10.2 Å². The summed E-state index contributed by atoms with van der Waals surface area (Å²) in [5.41, 5.74) is 5.84. The molecule has 1 amide bonds. The molecule has 7 rings (SSSR count). The minimum Gasteiger partial charge on any atom is -0.508 e. The number of carbonyl (C=O) groups excluding carboxylic acids is 1. The Hall–Kier alpha value is -5.23. The first-order valence-electron chi connectivity index (χ1n) is 16.2. The van der Waals surface area contributed by atoms with Gasteiger partial charge in [-0.25, -0.2) is 10.5 Å². The summed E-state index contributed by atoms with van der Waals surface area (Å²) in [4.78, 5) is 16.0. The van der Waals surface area contributed by atoms with Gasteiger partial charge in [0.1, 0.15) is 28.5 Å². The zero-order valence-corrected chi connectivity index (χ0v) is 27.4. The van der Waals surface area contributed by atoms with E-state index in [-0.39, 0.29) is 5.75 Å². The second-order valence-electron chi connectivity index (χ2n) is 13.2. The van der Waals surface area contributed by atoms with Crippen LogP contribution in [-0.2, 0) is 16.8 Å². The first-order chi connectivity index (χ1) is 23.2. The third-order valence-corrected chi connectivity index (χ3v) is 8.76. The van der Waals surface area contributed by atoms with Crippen molar-refractivity contribution in [2.75, 3.05) is 38.2 Å². The fourth-order valence-corrected chi connectivity index (χ4v) is 6.26. The van der Waals surface area contributed by atoms with Gasteiger partial charge in [-0.05, 0) is 66.6 Å². The molecule has 11 heteroatoms. The maximum Gasteiger partial charge on any atom is 0.271 e. The number of benzene rings is 4. The van der Waals surface area contributed by atoms with Gasteiger partial charge in [-0.1, -0.05) is 54.6 Å². The second kappa shape index (κ2) is 12.8. The molecule has 0 spiro atoms. The fraction of sp³-hybridized carbons (Fsp3) is 0.270. The molecule has 1 saturated heterocycles. The number of rotatable bonds is 8. The number of hydrazine groups is 1. The van der Waals surface area contributed by atoms with Crippen molar-refractivity contribution in [2.45, 2.75) is 32.9 Å². The summed E-state index contributed by atoms with van der Waals surface area (Å²) in [6.45, 7) is 10.9. The van der Waals surface area contributed by atoms with Gasteiger partial charge in [0, 0.05) is 37.0 Å². The van der Waals surface area contributed by atoms with E-state index in [1.54, 1.807) is 12.1 Å². The lowest BCUT2D eigenvalue weighted by molar-refractivity contribution is 0.0360. The van der Waals surface area contributed by atoms with Gasteiger partial charge in [0.2, 0.25) is 0 Å². The highest BCUT2D eigenvalue weighted by Crippen LogP contribution is 2.38. The Bertz CT molecular complexity index is 2120. The lowest BCUT2D eigenvalue weighted by Crippen LogP contribution is -2.38. The van der Waals surface area contributed by atoms with Crippen LogP contribution in [0.3, 0.4) is 0 Å². The Labute approximate surface area is 278 Å². The molecule has 0 saturated carbocycles. The van der Waals surface area contributed by atoms with Gasteiger partial charge < -0.3 is 15.2 Å². The van der Waals surface area contributed by atoms with Crippen molar-refractivity contribution in [3.05, 3.63) is 90.6 Å². The summed E-state index contributed by atoms with van der Waals surface area (Å²) >= 11 is 0. The Morgan fingerprint density at radius 1 is 0.854 bits per heavy atom. The lowest BCUT2D eigenvalue weighted by atomic mass is 10.0. The van der Waals surface area contributed by atoms with Crippen LogP contribution in [0.5, 0.6) is 5.75 Å². The predicted molar refractivity (Wildman–Crippen MR) is 189 cm³/mol. The van der Waals surface area contributed by atoms with E-state index < -0.39 is 11.4 Å². The molecule has 246 valence electrons. The molecule has 48 heavy (non-hydrogen) atoms. The van der Waals surface area contributed by atoms with Crippen LogP contribution in [0, 0.1) is 0 Å². The Morgan fingerprint density at radius 3 is 2.23 bits per heavy atom. The van der Waals surface area contributed by atoms with E-state index in [1.807, 2.05) is 72.7 Å². The molecule has 11 nitrogen and oxygen atoms in total. The van der Waals surface area contributed by atoms with E-state index in [1.165, 1.54) is 0 Å². The highest BCUT2D eigenvalue weighted by Gasteiger charge is 2.31. The van der Waals surface area contributed by atoms with Crippen molar-refractivity contribution in [1.82, 2.24) is 29.9 Å². The van der Waals surface area contributed by atoms with Crippen LogP contribution < -0.4 is 16.6 Å². The number of morpholine rings is 1. The van der Waals surface area contributed by atoms with Gasteiger partial charge in [-0.15, -0.1) is 0 Å². The SMILES string of the molecule is CC(C)(C)n1nc(-c2ccc3cc(O)ccc3c2)c(C(=O)NN)c1Nc1cn(CCN2CCOCC2)nc1-c1ccc2ccccc2c1. The molecule has 3 heterocycles. The number of ether oxygens (including phenoxy) is 1. The molecule has 2 aromatic heterocycles. The number of fused-ring (bicyclic) bond motifs is 2. The average Bonchev–Trinajstić information content (AvgIpc) is 3.69. The van der Waals surface area contributed by atoms with Gasteiger partial charge >= 0.3 is 0 Å². The lowest BCUT2D eigenvalue weighted by Gasteiger charge is -2.26. The van der Waals surface area contributed by atoms with Crippen molar-refractivity contribution in [3.63, 3.8) is 0 Å². The standard InChI is InChI=1S/C37H40N8O3/c1-37(2,3)45-35(32(36(47)40-38)34(42-45)29-11-9-27-22-30(46)13-12-26(27)21-29)39-31-23-44(15-14-43-16-18-48-19-17-43)41-33(31)28-10-8-24-6-4-5-7-25(24)20-28/h4-13,20-23,39,46H,14-19,38H2,1-3H3,(H,40,47). The van der Waals surface area contributed by atoms with E-state index in [2.05, 4.69) is 46.0 Å². The quantitative estimate of drug-likeness (QED) is 0.0920. The van der Waals surface area contributed by atoms with E-state index in [0.717, 1.165) is 76.9 Å². The molecule has 0 atom stereocenters. The van der Waals surface area contributed by atoms with E-state index in [0.29, 0.717) is 23.6 Å². The summed E-state index contributed by atoms with van der Waals surface area (Å²) in [6, 6.07) is 25.5. The maximum absolute atomic E-state index is 13.7. The molecule has 0 radical (unpaired) electrons. The topological polar surface area (TPSA) is 135 Å². The number of nitrogens with zero attached hydrogens (tertiary/aromatic N) is 5. The molecule has 0 unspecified atom stereocenters. The number of nitrogens with one attached hydrogen (secondary N) is 2. The van der Waals surface area contributed by atoms with E-state index in [4.69, 9.17) is 20.8 Å². The largest absolute Gasteiger partial charge is 0.508 e. The Balaban J connectivity index is 1.36. The van der Waals surface area contributed by atoms with Crippen LogP contribution in [0.15, 0.2) is 85.1 Å². The number of nitrogen functional groups attached to an aromatic ring is 1. The van der Waals surface area contributed by atoms with Crippen LogP contribution in [0.2, 0.25) is 0 Å². The monoisotopic (exact) mass is 644 g/mol. The van der Waals surface area contributed by atoms with Gasteiger partial charge in [-0.3, -0.25) is 19.8 Å². The highest BCUT2D eigenvalue weighted by atomic mass is 16.5. The fourth-order valence-electron chi connectivity index (χ4n) is 6.26. The average molecular weight is 645 g/mol. The normalized spacial score (nSPS) is 14.1. The van der Waals surface area contributed by atoms with E-state index in [9.17, 15) is 9.90 Å². The smallest absolute Gasteiger partial charge is 0.271 e. The van der Waals surface area contributed by atoms with Gasteiger partial charge in [0.25, 0.3) is 5.91 Å². The number of amides is 1. The molecular formula is C37H40N8O3. The molecule has 6 aromatic rings. The molecule has 1 aliphatic heterocycles. The number of aromatic hydroxyl groups is 1. The number of carbonyl (C=O) groups is 1. The maximum atomic E-state index is 13.7. The predicted octanol–water partition coefficient (Wildman–Crippen LogP) is 5.86. The van der Waals surface area contributed by atoms with Gasteiger partial charge in [0.05, 0.1) is 31.0 Å². The van der Waals surface area contributed by atoms with Crippen molar-refractivity contribution in [2.24, 2.45) is 5.84 Å². The van der Waals surface area contributed by atoms with Crippen molar-refractivity contribution < 1.29 is 14.6 Å².